The zero-order chi connectivity index (χ0) is 14.0. The maximum Gasteiger partial charge on any atom is 0.0155 e. The monoisotopic (exact) mass is 288 g/mol. The highest BCUT2D eigenvalue weighted by atomic mass is 32.2. The molecular formula is C17H20S2. The molecule has 100 valence electrons. The van der Waals surface area contributed by atoms with Crippen molar-refractivity contribution in [3.8, 4) is 0 Å². The van der Waals surface area contributed by atoms with Gasteiger partial charge in [-0.25, -0.2) is 0 Å². The fourth-order valence-corrected chi connectivity index (χ4v) is 3.54. The van der Waals surface area contributed by atoms with E-state index in [1.807, 2.05) is 17.8 Å². The van der Waals surface area contributed by atoms with E-state index < -0.39 is 0 Å². The average molecular weight is 288 g/mol. The van der Waals surface area contributed by atoms with Gasteiger partial charge in [0.2, 0.25) is 0 Å². The Morgan fingerprint density at radius 3 is 2.21 bits per heavy atom. The second-order valence-corrected chi connectivity index (χ2v) is 7.40. The Bertz CT molecular complexity index is 566. The van der Waals surface area contributed by atoms with E-state index in [1.165, 1.54) is 20.9 Å². The summed E-state index contributed by atoms with van der Waals surface area (Å²) in [7, 11) is 0. The van der Waals surface area contributed by atoms with Crippen LogP contribution < -0.4 is 0 Å². The molecule has 0 saturated heterocycles. The van der Waals surface area contributed by atoms with Crippen LogP contribution in [0.25, 0.3) is 0 Å². The Balaban J connectivity index is 2.41. The summed E-state index contributed by atoms with van der Waals surface area (Å²) < 4.78 is 0. The SMILES string of the molecule is Cc1cc(S)c(C(C)(C)C)cc1Sc1ccccc1. The molecule has 0 aliphatic carbocycles. The van der Waals surface area contributed by atoms with Gasteiger partial charge in [0, 0.05) is 14.7 Å². The molecule has 0 aliphatic heterocycles. The minimum Gasteiger partial charge on any atom is -0.143 e. The lowest BCUT2D eigenvalue weighted by Crippen LogP contribution is -2.12. The topological polar surface area (TPSA) is 0 Å². The van der Waals surface area contributed by atoms with Crippen LogP contribution in [0.5, 0.6) is 0 Å². The maximum absolute atomic E-state index is 4.63. The zero-order valence-electron chi connectivity index (χ0n) is 11.9. The van der Waals surface area contributed by atoms with Gasteiger partial charge in [-0.15, -0.1) is 12.6 Å². The van der Waals surface area contributed by atoms with Gasteiger partial charge in [-0.1, -0.05) is 50.7 Å². The second-order valence-electron chi connectivity index (χ2n) is 5.80. The number of thiol groups is 1. The lowest BCUT2D eigenvalue weighted by atomic mass is 9.86. The first-order valence-electron chi connectivity index (χ1n) is 6.45. The van der Waals surface area contributed by atoms with Crippen LogP contribution in [0.2, 0.25) is 0 Å². The highest BCUT2D eigenvalue weighted by Gasteiger charge is 2.18. The summed E-state index contributed by atoms with van der Waals surface area (Å²) in [4.78, 5) is 3.67. The molecule has 0 fully saturated rings. The zero-order valence-corrected chi connectivity index (χ0v) is 13.6. The molecule has 0 amide bonds. The van der Waals surface area contributed by atoms with Crippen molar-refractivity contribution in [2.45, 2.75) is 47.8 Å². The number of aryl methyl sites for hydroxylation is 1. The van der Waals surface area contributed by atoms with E-state index in [4.69, 9.17) is 0 Å². The molecule has 0 bridgehead atoms. The van der Waals surface area contributed by atoms with Crippen LogP contribution >= 0.6 is 24.4 Å². The number of rotatable bonds is 2. The highest BCUT2D eigenvalue weighted by Crippen LogP contribution is 2.37. The molecule has 0 saturated carbocycles. The summed E-state index contributed by atoms with van der Waals surface area (Å²) in [5.74, 6) is 0. The maximum atomic E-state index is 4.63. The molecule has 0 unspecified atom stereocenters. The van der Waals surface area contributed by atoms with E-state index in [0.29, 0.717) is 0 Å². The van der Waals surface area contributed by atoms with Gasteiger partial charge in [0.15, 0.2) is 0 Å². The van der Waals surface area contributed by atoms with Gasteiger partial charge in [-0.05, 0) is 47.7 Å². The molecule has 0 atom stereocenters. The molecule has 19 heavy (non-hydrogen) atoms. The van der Waals surface area contributed by atoms with Crippen LogP contribution in [0.1, 0.15) is 31.9 Å². The van der Waals surface area contributed by atoms with Gasteiger partial charge in [-0.3, -0.25) is 0 Å². The summed E-state index contributed by atoms with van der Waals surface area (Å²) >= 11 is 6.44. The quantitative estimate of drug-likeness (QED) is 0.688. The van der Waals surface area contributed by atoms with Crippen molar-refractivity contribution < 1.29 is 0 Å². The van der Waals surface area contributed by atoms with Gasteiger partial charge in [0.1, 0.15) is 0 Å². The Kier molecular flexibility index (Phi) is 4.32. The standard InChI is InChI=1S/C17H20S2/c1-12-10-15(18)14(17(2,3)4)11-16(12)19-13-8-6-5-7-9-13/h5-11,18H,1-4H3. The van der Waals surface area contributed by atoms with Crippen LogP contribution in [-0.4, -0.2) is 0 Å². The number of benzene rings is 2. The van der Waals surface area contributed by atoms with Gasteiger partial charge < -0.3 is 0 Å². The van der Waals surface area contributed by atoms with E-state index in [-0.39, 0.29) is 5.41 Å². The van der Waals surface area contributed by atoms with Gasteiger partial charge in [0.05, 0.1) is 0 Å². The molecule has 2 aromatic carbocycles. The van der Waals surface area contributed by atoms with E-state index in [9.17, 15) is 0 Å². The van der Waals surface area contributed by atoms with Crippen molar-refractivity contribution in [3.63, 3.8) is 0 Å². The van der Waals surface area contributed by atoms with Crippen molar-refractivity contribution in [1.82, 2.24) is 0 Å². The fraction of sp³-hybridized carbons (Fsp3) is 0.294. The van der Waals surface area contributed by atoms with Crippen molar-refractivity contribution in [2.24, 2.45) is 0 Å². The van der Waals surface area contributed by atoms with Crippen LogP contribution in [-0.2, 0) is 5.41 Å². The van der Waals surface area contributed by atoms with E-state index in [1.54, 1.807) is 0 Å². The lowest BCUT2D eigenvalue weighted by molar-refractivity contribution is 0.576. The van der Waals surface area contributed by atoms with Crippen molar-refractivity contribution >= 4 is 24.4 Å². The predicted molar refractivity (Wildman–Crippen MR) is 87.7 cm³/mol. The normalized spacial score (nSPS) is 11.6. The fourth-order valence-electron chi connectivity index (χ4n) is 2.00. The van der Waals surface area contributed by atoms with Crippen LogP contribution in [0.3, 0.4) is 0 Å². The third-order valence-corrected chi connectivity index (χ3v) is 4.61. The largest absolute Gasteiger partial charge is 0.143 e. The Morgan fingerprint density at radius 1 is 1.00 bits per heavy atom. The molecule has 2 aromatic rings. The minimum absolute atomic E-state index is 0.122. The summed E-state index contributed by atoms with van der Waals surface area (Å²) in [5.41, 5.74) is 2.71. The summed E-state index contributed by atoms with van der Waals surface area (Å²) in [6.07, 6.45) is 0. The van der Waals surface area contributed by atoms with Crippen molar-refractivity contribution in [1.29, 1.82) is 0 Å². The third kappa shape index (κ3) is 3.58. The van der Waals surface area contributed by atoms with Crippen LogP contribution in [0.15, 0.2) is 57.2 Å². The first kappa shape index (κ1) is 14.5. The van der Waals surface area contributed by atoms with Crippen molar-refractivity contribution in [3.05, 3.63) is 53.6 Å². The average Bonchev–Trinajstić information content (AvgIpc) is 2.32. The second kappa shape index (κ2) is 5.64. The minimum atomic E-state index is 0.122. The summed E-state index contributed by atoms with van der Waals surface area (Å²) in [6, 6.07) is 15.0. The molecule has 2 rings (SSSR count). The van der Waals surface area contributed by atoms with E-state index in [2.05, 4.69) is 76.7 Å². The van der Waals surface area contributed by atoms with Gasteiger partial charge in [-0.2, -0.15) is 0 Å². The Hall–Kier alpha value is -0.860. The lowest BCUT2D eigenvalue weighted by Gasteiger charge is -2.23. The molecule has 0 radical (unpaired) electrons. The van der Waals surface area contributed by atoms with Gasteiger partial charge >= 0.3 is 0 Å². The molecule has 0 aliphatic rings. The predicted octanol–water partition coefficient (Wildman–Crippen LogP) is 5.73. The highest BCUT2D eigenvalue weighted by molar-refractivity contribution is 7.99. The summed E-state index contributed by atoms with van der Waals surface area (Å²) in [5, 5.41) is 0. The van der Waals surface area contributed by atoms with Gasteiger partial charge in [0.25, 0.3) is 0 Å². The Labute approximate surface area is 126 Å². The first-order valence-corrected chi connectivity index (χ1v) is 7.71. The third-order valence-electron chi connectivity index (χ3n) is 3.07. The summed E-state index contributed by atoms with van der Waals surface area (Å²) in [6.45, 7) is 8.84. The first-order chi connectivity index (χ1) is 8.88. The molecule has 0 aromatic heterocycles. The molecule has 0 N–H and O–H groups in total. The smallest absolute Gasteiger partial charge is 0.0155 e. The van der Waals surface area contributed by atoms with Crippen LogP contribution in [0, 0.1) is 6.92 Å². The Morgan fingerprint density at radius 2 is 1.63 bits per heavy atom. The van der Waals surface area contributed by atoms with Crippen molar-refractivity contribution in [2.75, 3.05) is 0 Å². The van der Waals surface area contributed by atoms with E-state index >= 15 is 0 Å². The van der Waals surface area contributed by atoms with E-state index in [0.717, 1.165) is 4.90 Å². The molecule has 0 spiro atoms. The molecular weight excluding hydrogens is 268 g/mol. The molecule has 0 heterocycles. The molecule has 2 heteroatoms. The number of hydrogen-bond acceptors (Lipinski definition) is 2. The number of hydrogen-bond donors (Lipinski definition) is 1. The molecule has 0 nitrogen and oxygen atoms in total. The van der Waals surface area contributed by atoms with Crippen LogP contribution in [0.4, 0.5) is 0 Å².